The minimum atomic E-state index is -0.781. The zero-order valence-corrected chi connectivity index (χ0v) is 8.75. The van der Waals surface area contributed by atoms with Crippen LogP contribution in [0.2, 0.25) is 0 Å². The number of rotatable bonds is 1. The van der Waals surface area contributed by atoms with Gasteiger partial charge < -0.3 is 14.9 Å². The Morgan fingerprint density at radius 3 is 2.88 bits per heavy atom. The van der Waals surface area contributed by atoms with Crippen molar-refractivity contribution in [2.75, 3.05) is 0 Å². The van der Waals surface area contributed by atoms with Crippen molar-refractivity contribution < 1.29 is 19.7 Å². The molecule has 1 aromatic carbocycles. The first-order chi connectivity index (χ1) is 7.59. The van der Waals surface area contributed by atoms with Crippen molar-refractivity contribution in [1.82, 2.24) is 0 Å². The average molecular weight is 220 g/mol. The lowest BCUT2D eigenvalue weighted by atomic mass is 10.1. The number of aliphatic hydroxyl groups excluding tert-OH is 1. The van der Waals surface area contributed by atoms with Crippen molar-refractivity contribution in [2.45, 2.75) is 19.1 Å². The normalized spacial score (nSPS) is 20.9. The van der Waals surface area contributed by atoms with Crippen LogP contribution < -0.4 is 0 Å². The van der Waals surface area contributed by atoms with Gasteiger partial charge in [-0.3, -0.25) is 0 Å². The van der Waals surface area contributed by atoms with E-state index in [2.05, 4.69) is 0 Å². The largest absolute Gasteiger partial charge is 0.507 e. The number of phenolic OH excluding ortho intramolecular Hbond substituents is 1. The molecule has 1 heterocycles. The molecule has 0 amide bonds. The Hall–Kier alpha value is -1.81. The monoisotopic (exact) mass is 220 g/mol. The van der Waals surface area contributed by atoms with Crippen molar-refractivity contribution in [1.29, 1.82) is 0 Å². The first kappa shape index (κ1) is 10.7. The van der Waals surface area contributed by atoms with Gasteiger partial charge in [-0.25, -0.2) is 4.79 Å². The molecule has 1 aliphatic rings. The van der Waals surface area contributed by atoms with Gasteiger partial charge in [0.15, 0.2) is 0 Å². The van der Waals surface area contributed by atoms with Crippen LogP contribution in [0, 0.1) is 0 Å². The van der Waals surface area contributed by atoms with Gasteiger partial charge >= 0.3 is 5.97 Å². The van der Waals surface area contributed by atoms with Crippen LogP contribution in [0.15, 0.2) is 24.3 Å². The number of cyclic esters (lactones) is 1. The molecule has 0 fully saturated rings. The van der Waals surface area contributed by atoms with Crippen LogP contribution in [0.5, 0.6) is 5.75 Å². The summed E-state index contributed by atoms with van der Waals surface area (Å²) in [4.78, 5) is 11.7. The van der Waals surface area contributed by atoms with Gasteiger partial charge in [-0.1, -0.05) is 18.2 Å². The quantitative estimate of drug-likeness (QED) is 0.700. The molecule has 4 heteroatoms. The number of ether oxygens (including phenoxy) is 1. The molecule has 16 heavy (non-hydrogen) atoms. The fourth-order valence-electron chi connectivity index (χ4n) is 1.60. The van der Waals surface area contributed by atoms with E-state index in [9.17, 15) is 15.0 Å². The standard InChI is InChI=1S/C12H12O4/c1-7(13)10-6-5-8-3-2-4-9(14)11(8)12(15)16-10/h2-7,10,13-14H,1H3/t7-,10-/m1/s1. The Morgan fingerprint density at radius 2 is 2.19 bits per heavy atom. The van der Waals surface area contributed by atoms with Crippen LogP contribution in [0.4, 0.5) is 0 Å². The number of fused-ring (bicyclic) bond motifs is 1. The highest BCUT2D eigenvalue weighted by Gasteiger charge is 2.25. The van der Waals surface area contributed by atoms with Crippen molar-refractivity contribution in [2.24, 2.45) is 0 Å². The molecule has 0 saturated carbocycles. The predicted octanol–water partition coefficient (Wildman–Crippen LogP) is 1.33. The van der Waals surface area contributed by atoms with E-state index in [1.54, 1.807) is 24.3 Å². The third kappa shape index (κ3) is 1.79. The van der Waals surface area contributed by atoms with Gasteiger partial charge in [0.05, 0.1) is 6.10 Å². The predicted molar refractivity (Wildman–Crippen MR) is 58.0 cm³/mol. The fraction of sp³-hybridized carbons (Fsp3) is 0.250. The molecule has 0 aliphatic carbocycles. The Morgan fingerprint density at radius 1 is 1.44 bits per heavy atom. The summed E-state index contributed by atoms with van der Waals surface area (Å²) in [5.74, 6) is -0.734. The Bertz CT molecular complexity index is 448. The minimum Gasteiger partial charge on any atom is -0.507 e. The minimum absolute atomic E-state index is 0.113. The summed E-state index contributed by atoms with van der Waals surface area (Å²) in [6.45, 7) is 1.54. The number of benzene rings is 1. The highest BCUT2D eigenvalue weighted by molar-refractivity contribution is 5.97. The number of hydrogen-bond acceptors (Lipinski definition) is 4. The SMILES string of the molecule is C[C@@H](O)[C@H]1C=Cc2cccc(O)c2C(=O)O1. The molecule has 0 bridgehead atoms. The fourth-order valence-corrected chi connectivity index (χ4v) is 1.60. The number of esters is 1. The summed E-state index contributed by atoms with van der Waals surface area (Å²) in [7, 11) is 0. The summed E-state index contributed by atoms with van der Waals surface area (Å²) in [5, 5.41) is 19.0. The van der Waals surface area contributed by atoms with Crippen LogP contribution >= 0.6 is 0 Å². The summed E-state index contributed by atoms with van der Waals surface area (Å²) in [6.07, 6.45) is 1.81. The number of hydrogen-bond donors (Lipinski definition) is 2. The summed E-state index contributed by atoms with van der Waals surface area (Å²) in [5.41, 5.74) is 0.732. The second-order valence-corrected chi connectivity index (χ2v) is 3.71. The molecular weight excluding hydrogens is 208 g/mol. The molecule has 2 rings (SSSR count). The zero-order chi connectivity index (χ0) is 11.7. The molecule has 2 atom stereocenters. The lowest BCUT2D eigenvalue weighted by Crippen LogP contribution is -2.26. The van der Waals surface area contributed by atoms with Crippen LogP contribution in [-0.2, 0) is 4.74 Å². The molecule has 84 valence electrons. The molecule has 2 N–H and O–H groups in total. The van der Waals surface area contributed by atoms with E-state index in [0.717, 1.165) is 0 Å². The molecule has 0 radical (unpaired) electrons. The maximum absolute atomic E-state index is 11.7. The number of carbonyl (C=O) groups is 1. The van der Waals surface area contributed by atoms with Crippen LogP contribution in [0.1, 0.15) is 22.8 Å². The Kier molecular flexibility index (Phi) is 2.66. The van der Waals surface area contributed by atoms with Gasteiger partial charge in [-0.2, -0.15) is 0 Å². The van der Waals surface area contributed by atoms with E-state index in [-0.39, 0.29) is 11.3 Å². The van der Waals surface area contributed by atoms with Gasteiger partial charge in [0.2, 0.25) is 0 Å². The third-order valence-corrected chi connectivity index (χ3v) is 2.46. The topological polar surface area (TPSA) is 66.8 Å². The average Bonchev–Trinajstić information content (AvgIpc) is 2.39. The Balaban J connectivity index is 2.46. The lowest BCUT2D eigenvalue weighted by molar-refractivity contribution is 0.00622. The van der Waals surface area contributed by atoms with E-state index in [0.29, 0.717) is 5.56 Å². The molecule has 0 spiro atoms. The lowest BCUT2D eigenvalue weighted by Gasteiger charge is -2.15. The maximum atomic E-state index is 11.7. The van der Waals surface area contributed by atoms with Gasteiger partial charge in [-0.15, -0.1) is 0 Å². The van der Waals surface area contributed by atoms with Crippen LogP contribution in [0.25, 0.3) is 6.08 Å². The number of carbonyl (C=O) groups excluding carboxylic acids is 1. The summed E-state index contributed by atoms with van der Waals surface area (Å²) in [6, 6.07) is 4.78. The van der Waals surface area contributed by atoms with Crippen molar-refractivity contribution >= 4 is 12.0 Å². The molecule has 1 aromatic rings. The number of aromatic hydroxyl groups is 1. The van der Waals surface area contributed by atoms with E-state index >= 15 is 0 Å². The van der Waals surface area contributed by atoms with Crippen LogP contribution in [-0.4, -0.2) is 28.4 Å². The molecule has 0 unspecified atom stereocenters. The van der Waals surface area contributed by atoms with Crippen molar-refractivity contribution in [3.63, 3.8) is 0 Å². The molecule has 0 saturated heterocycles. The van der Waals surface area contributed by atoms with Gasteiger partial charge in [-0.05, 0) is 24.6 Å². The van der Waals surface area contributed by atoms with Crippen molar-refractivity contribution in [3.05, 3.63) is 35.4 Å². The third-order valence-electron chi connectivity index (χ3n) is 2.46. The van der Waals surface area contributed by atoms with Gasteiger partial charge in [0, 0.05) is 0 Å². The zero-order valence-electron chi connectivity index (χ0n) is 8.75. The van der Waals surface area contributed by atoms with E-state index < -0.39 is 18.2 Å². The Labute approximate surface area is 92.8 Å². The van der Waals surface area contributed by atoms with Gasteiger partial charge in [0.1, 0.15) is 17.4 Å². The number of aliphatic hydroxyl groups is 1. The van der Waals surface area contributed by atoms with Crippen molar-refractivity contribution in [3.8, 4) is 5.75 Å². The van der Waals surface area contributed by atoms with Crippen LogP contribution in [0.3, 0.4) is 0 Å². The number of phenols is 1. The maximum Gasteiger partial charge on any atom is 0.343 e. The first-order valence-corrected chi connectivity index (χ1v) is 4.99. The summed E-state index contributed by atoms with van der Waals surface area (Å²) >= 11 is 0. The molecular formula is C12H12O4. The molecule has 1 aliphatic heterocycles. The van der Waals surface area contributed by atoms with E-state index in [4.69, 9.17) is 4.74 Å². The highest BCUT2D eigenvalue weighted by Crippen LogP contribution is 2.26. The molecule has 0 aromatic heterocycles. The highest BCUT2D eigenvalue weighted by atomic mass is 16.6. The van der Waals surface area contributed by atoms with E-state index in [1.165, 1.54) is 13.0 Å². The molecule has 4 nitrogen and oxygen atoms in total. The first-order valence-electron chi connectivity index (χ1n) is 4.99. The second-order valence-electron chi connectivity index (χ2n) is 3.71. The van der Waals surface area contributed by atoms with Gasteiger partial charge in [0.25, 0.3) is 0 Å². The summed E-state index contributed by atoms with van der Waals surface area (Å²) < 4.78 is 5.04. The smallest absolute Gasteiger partial charge is 0.343 e. The van der Waals surface area contributed by atoms with E-state index in [1.807, 2.05) is 0 Å². The second kappa shape index (κ2) is 3.98.